The van der Waals surface area contributed by atoms with Crippen LogP contribution in [0.1, 0.15) is 51.4 Å². The molecule has 5 heteroatoms. The van der Waals surface area contributed by atoms with E-state index in [1.54, 1.807) is 4.90 Å². The standard InChI is InChI=1S/C15H27F3N2/c16-15(17,18)12-20-9-8-13(11-20)10-19-14-6-4-2-1-3-5-7-14/h13-14,19H,1-12H2. The van der Waals surface area contributed by atoms with Crippen LogP contribution < -0.4 is 5.32 Å². The molecule has 118 valence electrons. The van der Waals surface area contributed by atoms with Gasteiger partial charge in [0.2, 0.25) is 0 Å². The highest BCUT2D eigenvalue weighted by Gasteiger charge is 2.34. The van der Waals surface area contributed by atoms with Crippen LogP contribution in [0.4, 0.5) is 13.2 Å². The first-order valence-electron chi connectivity index (χ1n) is 8.05. The molecule has 2 rings (SSSR count). The molecular weight excluding hydrogens is 265 g/mol. The largest absolute Gasteiger partial charge is 0.401 e. The van der Waals surface area contributed by atoms with E-state index in [2.05, 4.69) is 5.32 Å². The Morgan fingerprint density at radius 3 is 2.25 bits per heavy atom. The third kappa shape index (κ3) is 6.00. The fraction of sp³-hybridized carbons (Fsp3) is 1.00. The molecule has 0 bridgehead atoms. The van der Waals surface area contributed by atoms with Crippen molar-refractivity contribution in [3.63, 3.8) is 0 Å². The van der Waals surface area contributed by atoms with E-state index in [1.165, 1.54) is 44.9 Å². The smallest absolute Gasteiger partial charge is 0.314 e. The van der Waals surface area contributed by atoms with Crippen molar-refractivity contribution in [1.29, 1.82) is 0 Å². The third-order valence-corrected chi connectivity index (χ3v) is 4.57. The summed E-state index contributed by atoms with van der Waals surface area (Å²) in [6.45, 7) is 1.34. The van der Waals surface area contributed by atoms with Gasteiger partial charge in [0.1, 0.15) is 0 Å². The zero-order chi connectivity index (χ0) is 14.4. The first kappa shape index (κ1) is 16.1. The fourth-order valence-corrected chi connectivity index (χ4v) is 3.47. The average Bonchev–Trinajstić information content (AvgIpc) is 2.72. The van der Waals surface area contributed by atoms with E-state index >= 15 is 0 Å². The van der Waals surface area contributed by atoms with Gasteiger partial charge in [-0.25, -0.2) is 0 Å². The lowest BCUT2D eigenvalue weighted by atomic mass is 9.96. The van der Waals surface area contributed by atoms with Crippen LogP contribution in [0, 0.1) is 5.92 Å². The van der Waals surface area contributed by atoms with Gasteiger partial charge in [0, 0.05) is 12.6 Å². The lowest BCUT2D eigenvalue weighted by molar-refractivity contribution is -0.143. The summed E-state index contributed by atoms with van der Waals surface area (Å²) in [6.07, 6.45) is 5.93. The molecule has 2 aliphatic rings. The van der Waals surface area contributed by atoms with E-state index in [0.29, 0.717) is 25.0 Å². The van der Waals surface area contributed by atoms with Crippen molar-refractivity contribution in [2.24, 2.45) is 5.92 Å². The average molecular weight is 292 g/mol. The lowest BCUT2D eigenvalue weighted by Crippen LogP contribution is -2.36. The molecule has 1 unspecified atom stereocenters. The van der Waals surface area contributed by atoms with Crippen LogP contribution in [0.3, 0.4) is 0 Å². The molecule has 1 aliphatic carbocycles. The topological polar surface area (TPSA) is 15.3 Å². The van der Waals surface area contributed by atoms with Gasteiger partial charge in [-0.05, 0) is 38.3 Å². The van der Waals surface area contributed by atoms with Gasteiger partial charge in [-0.3, -0.25) is 4.90 Å². The van der Waals surface area contributed by atoms with E-state index in [-0.39, 0.29) is 0 Å². The molecule has 1 saturated heterocycles. The maximum absolute atomic E-state index is 12.3. The number of alkyl halides is 3. The van der Waals surface area contributed by atoms with Gasteiger partial charge >= 0.3 is 6.18 Å². The predicted molar refractivity (Wildman–Crippen MR) is 74.7 cm³/mol. The second kappa shape index (κ2) is 7.64. The highest BCUT2D eigenvalue weighted by molar-refractivity contribution is 4.80. The van der Waals surface area contributed by atoms with Crippen LogP contribution in [0.25, 0.3) is 0 Å². The summed E-state index contributed by atoms with van der Waals surface area (Å²) in [4.78, 5) is 1.55. The molecule has 1 heterocycles. The van der Waals surface area contributed by atoms with Crippen molar-refractivity contribution in [3.05, 3.63) is 0 Å². The summed E-state index contributed by atoms with van der Waals surface area (Å²) < 4.78 is 37.0. The van der Waals surface area contributed by atoms with Crippen molar-refractivity contribution >= 4 is 0 Å². The van der Waals surface area contributed by atoms with E-state index in [1.807, 2.05) is 0 Å². The lowest BCUT2D eigenvalue weighted by Gasteiger charge is -2.23. The fourth-order valence-electron chi connectivity index (χ4n) is 3.47. The molecule has 2 fully saturated rings. The van der Waals surface area contributed by atoms with Crippen LogP contribution in [0.2, 0.25) is 0 Å². The van der Waals surface area contributed by atoms with Gasteiger partial charge in [0.25, 0.3) is 0 Å². The Balaban J connectivity index is 1.64. The molecule has 0 amide bonds. The molecule has 1 atom stereocenters. The Morgan fingerprint density at radius 2 is 1.60 bits per heavy atom. The molecule has 0 spiro atoms. The third-order valence-electron chi connectivity index (χ3n) is 4.57. The zero-order valence-corrected chi connectivity index (χ0v) is 12.2. The maximum Gasteiger partial charge on any atom is 0.401 e. The summed E-state index contributed by atoms with van der Waals surface area (Å²) in [7, 11) is 0. The first-order chi connectivity index (χ1) is 9.53. The quantitative estimate of drug-likeness (QED) is 0.852. The van der Waals surface area contributed by atoms with Gasteiger partial charge in [-0.1, -0.05) is 32.1 Å². The summed E-state index contributed by atoms with van der Waals surface area (Å²) in [6, 6.07) is 0.590. The molecule has 0 aromatic rings. The molecule has 1 N–H and O–H groups in total. The minimum atomic E-state index is -4.05. The van der Waals surface area contributed by atoms with E-state index in [9.17, 15) is 13.2 Å². The van der Waals surface area contributed by atoms with Gasteiger partial charge in [-0.15, -0.1) is 0 Å². The van der Waals surface area contributed by atoms with Crippen molar-refractivity contribution in [2.75, 3.05) is 26.2 Å². The van der Waals surface area contributed by atoms with Gasteiger partial charge < -0.3 is 5.32 Å². The van der Waals surface area contributed by atoms with E-state index < -0.39 is 12.7 Å². The number of nitrogens with zero attached hydrogens (tertiary/aromatic N) is 1. The summed E-state index contributed by atoms with van der Waals surface area (Å²) in [5.41, 5.74) is 0. The van der Waals surface area contributed by atoms with Crippen LogP contribution in [0.15, 0.2) is 0 Å². The Morgan fingerprint density at radius 1 is 0.950 bits per heavy atom. The zero-order valence-electron chi connectivity index (χ0n) is 12.2. The highest BCUT2D eigenvalue weighted by atomic mass is 19.4. The molecule has 1 aliphatic heterocycles. The van der Waals surface area contributed by atoms with Crippen LogP contribution in [-0.4, -0.2) is 43.3 Å². The summed E-state index contributed by atoms with van der Waals surface area (Å²) in [5, 5.41) is 3.61. The van der Waals surface area contributed by atoms with Crippen LogP contribution in [-0.2, 0) is 0 Å². The molecular formula is C15H27F3N2. The molecule has 0 radical (unpaired) electrons. The van der Waals surface area contributed by atoms with Gasteiger partial charge in [0.05, 0.1) is 6.54 Å². The number of rotatable bonds is 4. The Bertz CT molecular complexity index is 273. The van der Waals surface area contributed by atoms with Crippen molar-refractivity contribution in [3.8, 4) is 0 Å². The van der Waals surface area contributed by atoms with Crippen LogP contribution >= 0.6 is 0 Å². The van der Waals surface area contributed by atoms with Gasteiger partial charge in [-0.2, -0.15) is 13.2 Å². The normalized spacial score (nSPS) is 27.4. The first-order valence-corrected chi connectivity index (χ1v) is 8.05. The highest BCUT2D eigenvalue weighted by Crippen LogP contribution is 2.23. The van der Waals surface area contributed by atoms with Crippen molar-refractivity contribution < 1.29 is 13.2 Å². The number of hydrogen-bond acceptors (Lipinski definition) is 2. The minimum Gasteiger partial charge on any atom is -0.314 e. The molecule has 1 saturated carbocycles. The molecule has 0 aromatic carbocycles. The number of likely N-dealkylation sites (tertiary alicyclic amines) is 1. The number of nitrogens with one attached hydrogen (secondary N) is 1. The number of hydrogen-bond donors (Lipinski definition) is 1. The van der Waals surface area contributed by atoms with Gasteiger partial charge in [0.15, 0.2) is 0 Å². The molecule has 2 nitrogen and oxygen atoms in total. The number of halogens is 3. The monoisotopic (exact) mass is 292 g/mol. The van der Waals surface area contributed by atoms with Crippen molar-refractivity contribution in [2.45, 2.75) is 63.6 Å². The summed E-state index contributed by atoms with van der Waals surface area (Å²) in [5.74, 6) is 0.391. The van der Waals surface area contributed by atoms with E-state index in [4.69, 9.17) is 0 Å². The predicted octanol–water partition coefficient (Wildman–Crippen LogP) is 3.57. The molecule has 0 aromatic heterocycles. The summed E-state index contributed by atoms with van der Waals surface area (Å²) >= 11 is 0. The Hall–Kier alpha value is -0.290. The Labute approximate surface area is 120 Å². The maximum atomic E-state index is 12.3. The Kier molecular flexibility index (Phi) is 6.15. The SMILES string of the molecule is FC(F)(F)CN1CCC(CNC2CCCCCCC2)C1. The van der Waals surface area contributed by atoms with Crippen molar-refractivity contribution in [1.82, 2.24) is 10.2 Å². The molecule has 20 heavy (non-hydrogen) atoms. The minimum absolute atomic E-state index is 0.391. The second-order valence-corrected chi connectivity index (χ2v) is 6.46. The van der Waals surface area contributed by atoms with E-state index in [0.717, 1.165) is 13.0 Å². The van der Waals surface area contributed by atoms with Crippen LogP contribution in [0.5, 0.6) is 0 Å². The second-order valence-electron chi connectivity index (χ2n) is 6.46.